The molecule has 0 aromatic heterocycles. The second-order valence-electron chi connectivity index (χ2n) is 9.76. The number of carbonyl (C=O) groups excluding carboxylic acids is 1. The molecule has 9 heteroatoms. The van der Waals surface area contributed by atoms with Crippen molar-refractivity contribution in [2.45, 2.75) is 57.3 Å². The highest BCUT2D eigenvalue weighted by Gasteiger charge is 2.31. The van der Waals surface area contributed by atoms with Crippen LogP contribution in [0.3, 0.4) is 0 Å². The van der Waals surface area contributed by atoms with E-state index < -0.39 is 0 Å². The standard InChI is InChI=1S/C27H38ClN5O3/c1-18(19(2)33-10-6-20-4-5-22(28)14-21(20)15-33)26(30-17-29)27(34)32-11-7-23(8-12-32)31-24-9-13-36-16-25(24)35-3/h4-5,14,17,23-25,31H,2,6-13,15-16H2,1,3H3,(H2,29,30)/b26-18-. The molecule has 3 aliphatic heterocycles. The second kappa shape index (κ2) is 12.2. The van der Waals surface area contributed by atoms with Crippen molar-refractivity contribution in [1.29, 1.82) is 0 Å². The highest BCUT2D eigenvalue weighted by Crippen LogP contribution is 2.28. The van der Waals surface area contributed by atoms with Crippen LogP contribution in [0.2, 0.25) is 5.02 Å². The molecule has 0 bridgehead atoms. The number of amides is 1. The smallest absolute Gasteiger partial charge is 0.272 e. The summed E-state index contributed by atoms with van der Waals surface area (Å²) in [5.74, 6) is -0.102. The second-order valence-corrected chi connectivity index (χ2v) is 10.2. The third-order valence-corrected chi connectivity index (χ3v) is 7.83. The summed E-state index contributed by atoms with van der Waals surface area (Å²) in [4.78, 5) is 21.9. The molecule has 2 fully saturated rings. The zero-order valence-corrected chi connectivity index (χ0v) is 22.1. The first-order valence-electron chi connectivity index (χ1n) is 12.7. The summed E-state index contributed by atoms with van der Waals surface area (Å²) in [6.45, 7) is 10.4. The topological polar surface area (TPSA) is 92.4 Å². The minimum absolute atomic E-state index is 0.0679. The summed E-state index contributed by atoms with van der Waals surface area (Å²) < 4.78 is 11.1. The third kappa shape index (κ3) is 6.11. The van der Waals surface area contributed by atoms with Crippen molar-refractivity contribution >= 4 is 23.8 Å². The Labute approximate surface area is 219 Å². The lowest BCUT2D eigenvalue weighted by atomic mass is 9.98. The van der Waals surface area contributed by atoms with E-state index in [-0.39, 0.29) is 18.1 Å². The lowest BCUT2D eigenvalue weighted by molar-refractivity contribution is -0.128. The van der Waals surface area contributed by atoms with Gasteiger partial charge in [-0.1, -0.05) is 24.2 Å². The summed E-state index contributed by atoms with van der Waals surface area (Å²) in [7, 11) is 1.73. The van der Waals surface area contributed by atoms with Gasteiger partial charge in [0.15, 0.2) is 0 Å². The maximum atomic E-state index is 13.5. The van der Waals surface area contributed by atoms with Gasteiger partial charge in [0, 0.05) is 68.3 Å². The maximum Gasteiger partial charge on any atom is 0.272 e. The number of nitrogens with one attached hydrogen (secondary N) is 1. The first kappa shape index (κ1) is 26.7. The van der Waals surface area contributed by atoms with Crippen LogP contribution in [0.4, 0.5) is 0 Å². The predicted octanol–water partition coefficient (Wildman–Crippen LogP) is 2.86. The van der Waals surface area contributed by atoms with Crippen molar-refractivity contribution in [1.82, 2.24) is 15.1 Å². The molecule has 0 aliphatic carbocycles. The van der Waals surface area contributed by atoms with Crippen molar-refractivity contribution in [3.8, 4) is 0 Å². The van der Waals surface area contributed by atoms with E-state index in [2.05, 4.69) is 27.9 Å². The molecule has 8 nitrogen and oxygen atoms in total. The first-order chi connectivity index (χ1) is 17.4. The number of likely N-dealkylation sites (tertiary alicyclic amines) is 1. The zero-order valence-electron chi connectivity index (χ0n) is 21.3. The molecule has 0 spiro atoms. The number of carbonyl (C=O) groups is 1. The molecule has 1 aromatic rings. The molecule has 3 aliphatic rings. The molecular weight excluding hydrogens is 478 g/mol. The number of hydrogen-bond acceptors (Lipinski definition) is 6. The minimum Gasteiger partial charge on any atom is -0.390 e. The van der Waals surface area contributed by atoms with Crippen LogP contribution in [0.25, 0.3) is 0 Å². The van der Waals surface area contributed by atoms with Gasteiger partial charge in [-0.3, -0.25) is 4.79 Å². The van der Waals surface area contributed by atoms with Crippen LogP contribution in [-0.4, -0.2) is 80.2 Å². The maximum absolute atomic E-state index is 13.5. The number of piperidine rings is 1. The average molecular weight is 516 g/mol. The molecule has 36 heavy (non-hydrogen) atoms. The largest absolute Gasteiger partial charge is 0.390 e. The number of aliphatic imine (C=N–C) groups is 1. The molecule has 2 atom stereocenters. The van der Waals surface area contributed by atoms with Gasteiger partial charge in [0.05, 0.1) is 19.0 Å². The van der Waals surface area contributed by atoms with Gasteiger partial charge in [0.1, 0.15) is 5.70 Å². The fourth-order valence-corrected chi connectivity index (χ4v) is 5.55. The number of ether oxygens (including phenoxy) is 2. The van der Waals surface area contributed by atoms with Crippen LogP contribution in [0.15, 0.2) is 46.7 Å². The van der Waals surface area contributed by atoms with E-state index in [9.17, 15) is 4.79 Å². The van der Waals surface area contributed by atoms with Gasteiger partial charge in [0.2, 0.25) is 0 Å². The lowest BCUT2D eigenvalue weighted by Crippen LogP contribution is -2.54. The fourth-order valence-electron chi connectivity index (χ4n) is 5.35. The number of halogens is 1. The number of hydrogen-bond donors (Lipinski definition) is 2. The van der Waals surface area contributed by atoms with E-state index in [1.165, 1.54) is 17.5 Å². The molecule has 4 rings (SSSR count). The fraction of sp³-hybridized carbons (Fsp3) is 0.556. The number of nitrogens with zero attached hydrogens (tertiary/aromatic N) is 3. The summed E-state index contributed by atoms with van der Waals surface area (Å²) in [5.41, 5.74) is 10.0. The van der Waals surface area contributed by atoms with Gasteiger partial charge < -0.3 is 30.3 Å². The number of nitrogens with two attached hydrogens (primary N) is 1. The van der Waals surface area contributed by atoms with Crippen molar-refractivity contribution in [3.63, 3.8) is 0 Å². The van der Waals surface area contributed by atoms with E-state index in [0.717, 1.165) is 55.1 Å². The molecular formula is C27H38ClN5O3. The first-order valence-corrected chi connectivity index (χ1v) is 13.1. The number of benzene rings is 1. The monoisotopic (exact) mass is 515 g/mol. The highest BCUT2D eigenvalue weighted by molar-refractivity contribution is 6.30. The Morgan fingerprint density at radius 1 is 1.25 bits per heavy atom. The summed E-state index contributed by atoms with van der Waals surface area (Å²) in [6, 6.07) is 6.65. The van der Waals surface area contributed by atoms with Gasteiger partial charge in [-0.25, -0.2) is 4.99 Å². The van der Waals surface area contributed by atoms with Crippen molar-refractivity contribution in [2.75, 3.05) is 40.0 Å². The van der Waals surface area contributed by atoms with E-state index in [1.807, 2.05) is 24.0 Å². The molecule has 3 heterocycles. The zero-order chi connectivity index (χ0) is 25.7. The van der Waals surface area contributed by atoms with Gasteiger partial charge in [0.25, 0.3) is 5.91 Å². The van der Waals surface area contributed by atoms with Crippen LogP contribution in [0.5, 0.6) is 0 Å². The van der Waals surface area contributed by atoms with Gasteiger partial charge in [-0.2, -0.15) is 0 Å². The van der Waals surface area contributed by atoms with Crippen LogP contribution in [0, 0.1) is 0 Å². The Kier molecular flexibility index (Phi) is 9.06. The Bertz CT molecular complexity index is 1020. The Hall–Kier alpha value is -2.39. The van der Waals surface area contributed by atoms with E-state index >= 15 is 0 Å². The number of rotatable bonds is 7. The molecule has 2 saturated heterocycles. The summed E-state index contributed by atoms with van der Waals surface area (Å²) in [6.07, 6.45) is 4.85. The van der Waals surface area contributed by atoms with Crippen LogP contribution >= 0.6 is 11.6 Å². The molecule has 2 unspecified atom stereocenters. The van der Waals surface area contributed by atoms with Gasteiger partial charge in [-0.15, -0.1) is 0 Å². The highest BCUT2D eigenvalue weighted by atomic mass is 35.5. The van der Waals surface area contributed by atoms with Gasteiger partial charge >= 0.3 is 0 Å². The normalized spacial score (nSPS) is 24.0. The molecule has 196 valence electrons. The molecule has 3 N–H and O–H groups in total. The molecule has 0 radical (unpaired) electrons. The predicted molar refractivity (Wildman–Crippen MR) is 143 cm³/mol. The minimum atomic E-state index is -0.102. The van der Waals surface area contributed by atoms with E-state index in [4.69, 9.17) is 26.8 Å². The number of methoxy groups -OCH3 is 1. The van der Waals surface area contributed by atoms with Crippen molar-refractivity contribution in [3.05, 3.63) is 57.9 Å². The van der Waals surface area contributed by atoms with Crippen LogP contribution in [-0.2, 0) is 27.2 Å². The summed E-state index contributed by atoms with van der Waals surface area (Å²) in [5, 5.41) is 4.46. The average Bonchev–Trinajstić information content (AvgIpc) is 2.91. The Morgan fingerprint density at radius 2 is 2.03 bits per heavy atom. The quantitative estimate of drug-likeness (QED) is 0.251. The number of fused-ring (bicyclic) bond motifs is 1. The SMILES string of the molecule is C=C(/C(C)=C(\N=CN)C(=O)N1CCC(NC2CCOCC2OC)CC1)N1CCc2ccc(Cl)cc2C1. The third-order valence-electron chi connectivity index (χ3n) is 7.60. The van der Waals surface area contributed by atoms with E-state index in [0.29, 0.717) is 38.0 Å². The van der Waals surface area contributed by atoms with Crippen molar-refractivity contribution < 1.29 is 14.3 Å². The van der Waals surface area contributed by atoms with E-state index in [1.54, 1.807) is 7.11 Å². The van der Waals surface area contributed by atoms with Crippen LogP contribution in [0.1, 0.15) is 37.3 Å². The number of allylic oxidation sites excluding steroid dienone is 1. The summed E-state index contributed by atoms with van der Waals surface area (Å²) >= 11 is 6.22. The van der Waals surface area contributed by atoms with Crippen molar-refractivity contribution in [2.24, 2.45) is 10.7 Å². The molecule has 0 saturated carbocycles. The van der Waals surface area contributed by atoms with Gasteiger partial charge in [-0.05, 0) is 55.9 Å². The molecule has 1 amide bonds. The Balaban J connectivity index is 1.40. The molecule has 1 aromatic carbocycles. The Morgan fingerprint density at radius 3 is 2.75 bits per heavy atom. The lowest BCUT2D eigenvalue weighted by Gasteiger charge is -2.38. The van der Waals surface area contributed by atoms with Crippen LogP contribution < -0.4 is 11.1 Å².